The van der Waals surface area contributed by atoms with Gasteiger partial charge in [0.25, 0.3) is 0 Å². The molecule has 0 aromatic rings. The number of unbranched alkanes of at least 4 members (excludes halogenated alkanes) is 13. The fourth-order valence-electron chi connectivity index (χ4n) is 5.88. The lowest BCUT2D eigenvalue weighted by molar-refractivity contribution is -0.887. The smallest absolute Gasteiger partial charge is 0.362 e. The number of hydrogen-bond donors (Lipinski definition) is 1. The Hall–Kier alpha value is -2.97. The summed E-state index contributed by atoms with van der Waals surface area (Å²) in [4.78, 5) is 36.8. The Labute approximate surface area is 330 Å². The summed E-state index contributed by atoms with van der Waals surface area (Å²) in [5, 5.41) is 9.59. The molecule has 2 unspecified atom stereocenters. The minimum atomic E-state index is -0.880. The average molecular weight is 759 g/mol. The third-order valence-corrected chi connectivity index (χ3v) is 9.18. The number of quaternary nitrogens is 1. The molecule has 2 atom stereocenters. The van der Waals surface area contributed by atoms with Gasteiger partial charge in [0.15, 0.2) is 12.1 Å². The van der Waals surface area contributed by atoms with Crippen LogP contribution in [-0.2, 0) is 28.6 Å². The molecular formula is C46H80NO7+. The zero-order chi connectivity index (χ0) is 40.0. The number of carbonyl (C=O) groups excluding carboxylic acids is 2. The molecule has 0 aliphatic rings. The van der Waals surface area contributed by atoms with Gasteiger partial charge in [-0.05, 0) is 57.8 Å². The van der Waals surface area contributed by atoms with Gasteiger partial charge >= 0.3 is 17.9 Å². The van der Waals surface area contributed by atoms with Crippen molar-refractivity contribution < 1.29 is 38.2 Å². The molecule has 0 rings (SSSR count). The van der Waals surface area contributed by atoms with Gasteiger partial charge in [0.1, 0.15) is 6.61 Å². The van der Waals surface area contributed by atoms with Crippen molar-refractivity contribution >= 4 is 17.9 Å². The van der Waals surface area contributed by atoms with E-state index in [1.54, 1.807) is 0 Å². The van der Waals surface area contributed by atoms with Gasteiger partial charge in [-0.15, -0.1) is 0 Å². The van der Waals surface area contributed by atoms with Crippen LogP contribution in [0.15, 0.2) is 60.8 Å². The number of hydrogen-bond acceptors (Lipinski definition) is 6. The summed E-state index contributed by atoms with van der Waals surface area (Å²) in [6.45, 7) is 4.56. The average Bonchev–Trinajstić information content (AvgIpc) is 3.12. The third kappa shape index (κ3) is 34.8. The van der Waals surface area contributed by atoms with Crippen molar-refractivity contribution in [3.8, 4) is 0 Å². The highest BCUT2D eigenvalue weighted by Crippen LogP contribution is 2.13. The summed E-state index contributed by atoms with van der Waals surface area (Å²) >= 11 is 0. The van der Waals surface area contributed by atoms with Gasteiger partial charge in [-0.25, -0.2) is 4.79 Å². The van der Waals surface area contributed by atoms with Gasteiger partial charge in [0.05, 0.1) is 34.4 Å². The molecule has 1 N–H and O–H groups in total. The first kappa shape index (κ1) is 51.0. The molecule has 0 aromatic heterocycles. The van der Waals surface area contributed by atoms with Crippen LogP contribution in [0.1, 0.15) is 162 Å². The summed E-state index contributed by atoms with van der Waals surface area (Å²) in [5.41, 5.74) is 0. The van der Waals surface area contributed by atoms with Crippen molar-refractivity contribution in [2.75, 3.05) is 41.0 Å². The summed E-state index contributed by atoms with van der Waals surface area (Å²) in [6, 6.07) is -0.617. The summed E-state index contributed by atoms with van der Waals surface area (Å²) in [7, 11) is 5.51. The maximum atomic E-state index is 12.7. The second-order valence-electron chi connectivity index (χ2n) is 15.2. The Morgan fingerprint density at radius 2 is 1.04 bits per heavy atom. The van der Waals surface area contributed by atoms with Crippen LogP contribution in [0.4, 0.5) is 0 Å². The highest BCUT2D eigenvalue weighted by Gasteiger charge is 2.31. The van der Waals surface area contributed by atoms with Crippen LogP contribution in [0.2, 0.25) is 0 Å². The summed E-state index contributed by atoms with van der Waals surface area (Å²) in [6.07, 6.45) is 44.1. The first-order valence-electron chi connectivity index (χ1n) is 21.3. The molecular weight excluding hydrogens is 679 g/mol. The highest BCUT2D eigenvalue weighted by atomic mass is 16.6. The SMILES string of the molecule is CC/C=C/C/C=C/C/C=C/C/C=C/C/C=C/CCCCCCCCC(=O)OC(COCCC(C(=O)O)[N+](C)(C)C)COC(=O)CCCCCCCCCC. The molecule has 0 radical (unpaired) electrons. The van der Waals surface area contributed by atoms with Crippen molar-refractivity contribution in [3.05, 3.63) is 60.8 Å². The normalized spacial score (nSPS) is 13.6. The van der Waals surface area contributed by atoms with E-state index >= 15 is 0 Å². The number of carbonyl (C=O) groups is 3. The largest absolute Gasteiger partial charge is 0.477 e. The van der Waals surface area contributed by atoms with Gasteiger partial charge in [-0.3, -0.25) is 9.59 Å². The van der Waals surface area contributed by atoms with E-state index in [1.807, 2.05) is 21.1 Å². The van der Waals surface area contributed by atoms with E-state index in [4.69, 9.17) is 14.2 Å². The predicted octanol–water partition coefficient (Wildman–Crippen LogP) is 11.4. The van der Waals surface area contributed by atoms with Crippen LogP contribution in [0.25, 0.3) is 0 Å². The van der Waals surface area contributed by atoms with Gasteiger partial charge in [-0.2, -0.15) is 0 Å². The first-order valence-corrected chi connectivity index (χ1v) is 21.3. The van der Waals surface area contributed by atoms with E-state index in [2.05, 4.69) is 74.6 Å². The lowest BCUT2D eigenvalue weighted by Gasteiger charge is -2.31. The second-order valence-corrected chi connectivity index (χ2v) is 15.2. The van der Waals surface area contributed by atoms with Gasteiger partial charge in [-0.1, -0.05) is 145 Å². The van der Waals surface area contributed by atoms with Crippen molar-refractivity contribution in [3.63, 3.8) is 0 Å². The van der Waals surface area contributed by atoms with Crippen LogP contribution in [-0.4, -0.2) is 80.6 Å². The second kappa shape index (κ2) is 37.0. The van der Waals surface area contributed by atoms with Gasteiger partial charge in [0, 0.05) is 19.3 Å². The molecule has 0 spiro atoms. The van der Waals surface area contributed by atoms with Crippen LogP contribution in [0.5, 0.6) is 0 Å². The van der Waals surface area contributed by atoms with E-state index in [0.717, 1.165) is 83.5 Å². The Bertz CT molecular complexity index is 1070. The number of allylic oxidation sites excluding steroid dienone is 10. The van der Waals surface area contributed by atoms with Crippen molar-refractivity contribution in [2.24, 2.45) is 0 Å². The molecule has 0 bridgehead atoms. The van der Waals surface area contributed by atoms with Gasteiger partial charge in [0.2, 0.25) is 0 Å². The Balaban J connectivity index is 4.30. The molecule has 0 aliphatic heterocycles. The number of rotatable bonds is 37. The molecule has 310 valence electrons. The van der Waals surface area contributed by atoms with E-state index in [9.17, 15) is 19.5 Å². The maximum Gasteiger partial charge on any atom is 0.362 e. The van der Waals surface area contributed by atoms with E-state index in [1.165, 1.54) is 44.9 Å². The Morgan fingerprint density at radius 3 is 1.54 bits per heavy atom. The minimum absolute atomic E-state index is 0.0537. The number of aliphatic carboxylic acids is 1. The molecule has 0 heterocycles. The van der Waals surface area contributed by atoms with Crippen LogP contribution < -0.4 is 0 Å². The van der Waals surface area contributed by atoms with Crippen LogP contribution in [0.3, 0.4) is 0 Å². The van der Waals surface area contributed by atoms with Crippen LogP contribution in [0, 0.1) is 0 Å². The Kier molecular flexibility index (Phi) is 34.9. The number of likely N-dealkylation sites (N-methyl/N-ethyl adjacent to an activating group) is 1. The molecule has 54 heavy (non-hydrogen) atoms. The minimum Gasteiger partial charge on any atom is -0.477 e. The number of carboxylic acid groups (broad SMARTS) is 1. The lowest BCUT2D eigenvalue weighted by Crippen LogP contribution is -2.50. The fourth-order valence-corrected chi connectivity index (χ4v) is 5.88. The summed E-state index contributed by atoms with van der Waals surface area (Å²) in [5.74, 6) is -1.50. The molecule has 0 saturated carbocycles. The molecule has 0 saturated heterocycles. The first-order chi connectivity index (χ1) is 26.1. The van der Waals surface area contributed by atoms with E-state index in [0.29, 0.717) is 19.3 Å². The van der Waals surface area contributed by atoms with E-state index in [-0.39, 0.29) is 36.2 Å². The number of ether oxygens (including phenoxy) is 3. The monoisotopic (exact) mass is 759 g/mol. The number of carboxylic acids is 1. The summed E-state index contributed by atoms with van der Waals surface area (Å²) < 4.78 is 17.2. The molecule has 8 nitrogen and oxygen atoms in total. The molecule has 8 heteroatoms. The van der Waals surface area contributed by atoms with Crippen LogP contribution >= 0.6 is 0 Å². The molecule has 0 aromatic carbocycles. The fraction of sp³-hybridized carbons (Fsp3) is 0.717. The maximum absolute atomic E-state index is 12.7. The van der Waals surface area contributed by atoms with E-state index < -0.39 is 18.1 Å². The highest BCUT2D eigenvalue weighted by molar-refractivity contribution is 5.72. The van der Waals surface area contributed by atoms with Crippen molar-refractivity contribution in [2.45, 2.75) is 174 Å². The Morgan fingerprint density at radius 1 is 0.574 bits per heavy atom. The zero-order valence-corrected chi connectivity index (χ0v) is 35.2. The standard InChI is InChI=1S/C46H79NO7/c1-6-8-10-12-14-16-17-18-19-20-21-22-23-24-25-26-27-28-29-31-33-35-37-45(49)54-42(40-52-39-38-43(46(50)51)47(3,4)5)41-53-44(48)36-34-32-30-15-13-11-9-7-2/h8,10,14,16,18-19,21-22,24-25,42-43H,6-7,9,11-13,15,17,20,23,26-41H2,1-5H3/p+1/b10-8+,16-14+,19-18+,22-21+,25-24+. The van der Waals surface area contributed by atoms with Crippen molar-refractivity contribution in [1.29, 1.82) is 0 Å². The quantitative estimate of drug-likeness (QED) is 0.0291. The van der Waals surface area contributed by atoms with Gasteiger partial charge < -0.3 is 23.8 Å². The number of nitrogens with zero attached hydrogens (tertiary/aromatic N) is 1. The lowest BCUT2D eigenvalue weighted by atomic mass is 10.1. The predicted molar refractivity (Wildman–Crippen MR) is 224 cm³/mol. The zero-order valence-electron chi connectivity index (χ0n) is 35.2. The number of esters is 2. The topological polar surface area (TPSA) is 99.1 Å². The molecule has 0 fully saturated rings. The third-order valence-electron chi connectivity index (χ3n) is 9.18. The van der Waals surface area contributed by atoms with Crippen molar-refractivity contribution in [1.82, 2.24) is 0 Å². The molecule has 0 amide bonds. The molecule has 0 aliphatic carbocycles.